The van der Waals surface area contributed by atoms with E-state index in [0.717, 1.165) is 37.2 Å². The molecule has 0 atom stereocenters. The highest BCUT2D eigenvalue weighted by Crippen LogP contribution is 2.21. The minimum Gasteiger partial charge on any atom is -0.339 e. The van der Waals surface area contributed by atoms with Crippen LogP contribution in [0.15, 0.2) is 46.2 Å². The lowest BCUT2D eigenvalue weighted by atomic mass is 10.1. The topological polar surface area (TPSA) is 71.4 Å². The van der Waals surface area contributed by atoms with Gasteiger partial charge in [-0.25, -0.2) is 0 Å². The minimum atomic E-state index is -0.361. The largest absolute Gasteiger partial charge is 0.339 e. The average molecular weight is 385 g/mol. The van der Waals surface area contributed by atoms with Gasteiger partial charge in [0.1, 0.15) is 5.69 Å². The van der Waals surface area contributed by atoms with Crippen LogP contribution in [-0.2, 0) is 7.05 Å². The molecule has 7 heteroatoms. The van der Waals surface area contributed by atoms with Gasteiger partial charge in [-0.2, -0.15) is 0 Å². The highest BCUT2D eigenvalue weighted by molar-refractivity contribution is 7.98. The number of carbonyl (C=O) groups is 2. The summed E-state index contributed by atoms with van der Waals surface area (Å²) in [5, 5.41) is 2.68. The number of aromatic nitrogens is 1. The molecule has 2 heterocycles. The zero-order chi connectivity index (χ0) is 19.4. The Labute approximate surface area is 162 Å². The van der Waals surface area contributed by atoms with Crippen LogP contribution in [0.3, 0.4) is 0 Å². The molecule has 1 aromatic carbocycles. The Hall–Kier alpha value is -2.54. The molecular formula is C20H23N3O3S. The van der Waals surface area contributed by atoms with Crippen LogP contribution in [0.25, 0.3) is 0 Å². The third-order valence-corrected chi connectivity index (χ3v) is 5.47. The van der Waals surface area contributed by atoms with Crippen LogP contribution in [0, 0.1) is 0 Å². The lowest BCUT2D eigenvalue weighted by Crippen LogP contribution is -2.36. The van der Waals surface area contributed by atoms with Crippen LogP contribution >= 0.6 is 11.8 Å². The first-order chi connectivity index (χ1) is 13.0. The van der Waals surface area contributed by atoms with Crippen molar-refractivity contribution in [2.45, 2.75) is 24.2 Å². The van der Waals surface area contributed by atoms with Crippen molar-refractivity contribution in [2.75, 3.05) is 24.7 Å². The van der Waals surface area contributed by atoms with E-state index in [1.54, 1.807) is 24.1 Å². The standard InChI is InChI=1S/C20H23N3O3S/c1-22-13-14(19(25)23-10-6-3-7-11-23)12-16(20(22)26)21-18(24)15-8-4-5-9-17(15)27-2/h4-5,8-9,12-13H,3,6-7,10-11H2,1-2H3,(H,21,24). The Balaban J connectivity index is 1.89. The number of hydrogen-bond donors (Lipinski definition) is 1. The van der Waals surface area contributed by atoms with E-state index in [1.807, 2.05) is 18.4 Å². The van der Waals surface area contributed by atoms with Gasteiger partial charge >= 0.3 is 0 Å². The zero-order valence-corrected chi connectivity index (χ0v) is 16.3. The van der Waals surface area contributed by atoms with Crippen LogP contribution < -0.4 is 10.9 Å². The van der Waals surface area contributed by atoms with Crippen molar-refractivity contribution in [2.24, 2.45) is 7.05 Å². The molecule has 6 nitrogen and oxygen atoms in total. The van der Waals surface area contributed by atoms with E-state index < -0.39 is 0 Å². The SMILES string of the molecule is CSc1ccccc1C(=O)Nc1cc(C(=O)N2CCCCC2)cn(C)c1=O. The number of benzene rings is 1. The number of likely N-dealkylation sites (tertiary alicyclic amines) is 1. The monoisotopic (exact) mass is 385 g/mol. The van der Waals surface area contributed by atoms with Crippen molar-refractivity contribution in [1.29, 1.82) is 0 Å². The Morgan fingerprint density at radius 2 is 1.81 bits per heavy atom. The Morgan fingerprint density at radius 1 is 1.11 bits per heavy atom. The van der Waals surface area contributed by atoms with Gasteiger partial charge in [0, 0.05) is 31.2 Å². The zero-order valence-electron chi connectivity index (χ0n) is 15.5. The summed E-state index contributed by atoms with van der Waals surface area (Å²) in [6.07, 6.45) is 6.54. The molecule has 3 rings (SSSR count). The van der Waals surface area contributed by atoms with Gasteiger partial charge in [-0.1, -0.05) is 12.1 Å². The highest BCUT2D eigenvalue weighted by Gasteiger charge is 2.21. The fourth-order valence-electron chi connectivity index (χ4n) is 3.22. The third kappa shape index (κ3) is 4.24. The molecule has 2 aromatic rings. The van der Waals surface area contributed by atoms with Crippen LogP contribution in [0.4, 0.5) is 5.69 Å². The number of pyridine rings is 1. The van der Waals surface area contributed by atoms with Gasteiger partial charge < -0.3 is 14.8 Å². The lowest BCUT2D eigenvalue weighted by Gasteiger charge is -2.27. The van der Waals surface area contributed by atoms with Gasteiger partial charge in [0.15, 0.2) is 0 Å². The van der Waals surface area contributed by atoms with Gasteiger partial charge in [-0.15, -0.1) is 11.8 Å². The molecule has 142 valence electrons. The highest BCUT2D eigenvalue weighted by atomic mass is 32.2. The number of nitrogens with zero attached hydrogens (tertiary/aromatic N) is 2. The second-order valence-corrected chi connectivity index (χ2v) is 7.41. The third-order valence-electron chi connectivity index (χ3n) is 4.67. The van der Waals surface area contributed by atoms with E-state index in [4.69, 9.17) is 0 Å². The smallest absolute Gasteiger partial charge is 0.274 e. The maximum Gasteiger partial charge on any atom is 0.274 e. The first kappa shape index (κ1) is 19.2. The van der Waals surface area contributed by atoms with E-state index in [9.17, 15) is 14.4 Å². The molecule has 0 unspecified atom stereocenters. The summed E-state index contributed by atoms with van der Waals surface area (Å²) >= 11 is 1.46. The van der Waals surface area contributed by atoms with Crippen molar-refractivity contribution < 1.29 is 9.59 Å². The van der Waals surface area contributed by atoms with Crippen molar-refractivity contribution >= 4 is 29.3 Å². The van der Waals surface area contributed by atoms with Gasteiger partial charge in [-0.05, 0) is 43.7 Å². The molecule has 0 saturated carbocycles. The summed E-state index contributed by atoms with van der Waals surface area (Å²) in [6.45, 7) is 1.45. The molecule has 1 fully saturated rings. The molecular weight excluding hydrogens is 362 g/mol. The molecule has 0 bridgehead atoms. The first-order valence-corrected chi connectivity index (χ1v) is 10.2. The number of piperidine rings is 1. The molecule has 0 aliphatic carbocycles. The summed E-state index contributed by atoms with van der Waals surface area (Å²) in [6, 6.07) is 8.70. The van der Waals surface area contributed by atoms with Crippen LogP contribution in [0.2, 0.25) is 0 Å². The second-order valence-electron chi connectivity index (χ2n) is 6.57. The van der Waals surface area contributed by atoms with E-state index in [2.05, 4.69) is 5.32 Å². The summed E-state index contributed by atoms with van der Waals surface area (Å²) < 4.78 is 1.34. The van der Waals surface area contributed by atoms with Crippen molar-refractivity contribution in [3.05, 3.63) is 58.0 Å². The number of aryl methyl sites for hydroxylation is 1. The second kappa shape index (κ2) is 8.43. The Morgan fingerprint density at radius 3 is 2.52 bits per heavy atom. The number of rotatable bonds is 4. The lowest BCUT2D eigenvalue weighted by molar-refractivity contribution is 0.0723. The number of hydrogen-bond acceptors (Lipinski definition) is 4. The molecule has 1 saturated heterocycles. The average Bonchev–Trinajstić information content (AvgIpc) is 2.71. The number of thioether (sulfide) groups is 1. The normalized spacial score (nSPS) is 14.1. The summed E-state index contributed by atoms with van der Waals surface area (Å²) in [4.78, 5) is 40.5. The summed E-state index contributed by atoms with van der Waals surface area (Å²) in [5.74, 6) is -0.468. The van der Waals surface area contributed by atoms with Gasteiger partial charge in [0.25, 0.3) is 17.4 Å². The number of amides is 2. The van der Waals surface area contributed by atoms with Crippen LogP contribution in [0.5, 0.6) is 0 Å². The number of anilines is 1. The predicted molar refractivity (Wildman–Crippen MR) is 108 cm³/mol. The van der Waals surface area contributed by atoms with Gasteiger partial charge in [0.05, 0.1) is 11.1 Å². The predicted octanol–water partition coefficient (Wildman–Crippen LogP) is 2.99. The molecule has 0 radical (unpaired) electrons. The van der Waals surface area contributed by atoms with E-state index in [1.165, 1.54) is 28.6 Å². The van der Waals surface area contributed by atoms with Crippen molar-refractivity contribution in [3.63, 3.8) is 0 Å². The van der Waals surface area contributed by atoms with Crippen molar-refractivity contribution in [1.82, 2.24) is 9.47 Å². The van der Waals surface area contributed by atoms with Crippen LogP contribution in [0.1, 0.15) is 40.0 Å². The van der Waals surface area contributed by atoms with E-state index in [-0.39, 0.29) is 23.1 Å². The maximum atomic E-state index is 12.8. The van der Waals surface area contributed by atoms with Gasteiger partial charge in [-0.3, -0.25) is 14.4 Å². The van der Waals surface area contributed by atoms with Gasteiger partial charge in [0.2, 0.25) is 0 Å². The quantitative estimate of drug-likeness (QED) is 0.822. The van der Waals surface area contributed by atoms with E-state index in [0.29, 0.717) is 11.1 Å². The fraction of sp³-hybridized carbons (Fsp3) is 0.350. The Kier molecular flexibility index (Phi) is 6.01. The maximum absolute atomic E-state index is 12.8. The summed E-state index contributed by atoms with van der Waals surface area (Å²) in [5.41, 5.74) is 0.675. The minimum absolute atomic E-state index is 0.106. The van der Waals surface area contributed by atoms with E-state index >= 15 is 0 Å². The van der Waals surface area contributed by atoms with Crippen LogP contribution in [-0.4, -0.2) is 40.6 Å². The molecule has 1 aromatic heterocycles. The molecule has 2 amide bonds. The number of carbonyl (C=O) groups excluding carboxylic acids is 2. The van der Waals surface area contributed by atoms with Crippen molar-refractivity contribution in [3.8, 4) is 0 Å². The first-order valence-electron chi connectivity index (χ1n) is 8.95. The Bertz CT molecular complexity index is 917. The molecule has 0 spiro atoms. The molecule has 1 N–H and O–H groups in total. The molecule has 27 heavy (non-hydrogen) atoms. The fourth-order valence-corrected chi connectivity index (χ4v) is 3.82. The molecule has 1 aliphatic heterocycles. The molecule has 1 aliphatic rings. The number of nitrogens with one attached hydrogen (secondary N) is 1. The summed E-state index contributed by atoms with van der Waals surface area (Å²) in [7, 11) is 1.58.